The lowest BCUT2D eigenvalue weighted by Crippen LogP contribution is -2.37. The minimum Gasteiger partial charge on any atom is -0.317 e. The first-order valence-corrected chi connectivity index (χ1v) is 9.26. The van der Waals surface area contributed by atoms with Gasteiger partial charge in [0.2, 0.25) is 0 Å². The van der Waals surface area contributed by atoms with Crippen LogP contribution in [0.4, 0.5) is 0 Å². The number of hydrogen-bond acceptors (Lipinski definition) is 1. The van der Waals surface area contributed by atoms with E-state index < -0.39 is 0 Å². The van der Waals surface area contributed by atoms with E-state index in [2.05, 4.69) is 33.1 Å². The van der Waals surface area contributed by atoms with Gasteiger partial charge in [0.05, 0.1) is 0 Å². The second-order valence-electron chi connectivity index (χ2n) is 7.81. The molecule has 0 aromatic heterocycles. The molecule has 1 atom stereocenters. The summed E-state index contributed by atoms with van der Waals surface area (Å²) >= 11 is 0. The highest BCUT2D eigenvalue weighted by molar-refractivity contribution is 4.84. The van der Waals surface area contributed by atoms with Gasteiger partial charge in [0, 0.05) is 6.04 Å². The molecule has 1 aliphatic carbocycles. The molecule has 1 fully saturated rings. The second-order valence-corrected chi connectivity index (χ2v) is 7.81. The summed E-state index contributed by atoms with van der Waals surface area (Å²) in [6.45, 7) is 7.17. The van der Waals surface area contributed by atoms with Crippen LogP contribution < -0.4 is 5.32 Å². The van der Waals surface area contributed by atoms with Gasteiger partial charge in [-0.2, -0.15) is 0 Å². The fourth-order valence-electron chi connectivity index (χ4n) is 3.76. The van der Waals surface area contributed by atoms with E-state index in [0.29, 0.717) is 5.41 Å². The predicted octanol–water partition coefficient (Wildman–Crippen LogP) is 5.93. The summed E-state index contributed by atoms with van der Waals surface area (Å²) in [5, 5.41) is 3.61. The Morgan fingerprint density at radius 1 is 0.950 bits per heavy atom. The average molecular weight is 282 g/mol. The Balaban J connectivity index is 2.11. The maximum Gasteiger partial charge on any atom is 0.00923 e. The Labute approximate surface area is 128 Å². The third-order valence-electron chi connectivity index (χ3n) is 5.44. The number of rotatable bonds is 10. The Hall–Kier alpha value is -0.0400. The summed E-state index contributed by atoms with van der Waals surface area (Å²) in [6.07, 6.45) is 17.1. The van der Waals surface area contributed by atoms with Crippen LogP contribution in [0.1, 0.15) is 97.8 Å². The van der Waals surface area contributed by atoms with E-state index in [1.165, 1.54) is 77.0 Å². The molecule has 0 spiro atoms. The summed E-state index contributed by atoms with van der Waals surface area (Å²) in [5.41, 5.74) is 0.605. The monoisotopic (exact) mass is 281 g/mol. The molecule has 0 amide bonds. The van der Waals surface area contributed by atoms with Crippen molar-refractivity contribution in [3.05, 3.63) is 0 Å². The van der Waals surface area contributed by atoms with Gasteiger partial charge in [0.15, 0.2) is 0 Å². The molecule has 0 aromatic rings. The van der Waals surface area contributed by atoms with E-state index in [1.54, 1.807) is 0 Å². The van der Waals surface area contributed by atoms with Crippen molar-refractivity contribution in [2.24, 2.45) is 11.3 Å². The molecule has 1 N–H and O–H groups in total. The Bertz CT molecular complexity index is 224. The van der Waals surface area contributed by atoms with Gasteiger partial charge in [-0.1, -0.05) is 65.7 Å². The second kappa shape index (κ2) is 9.82. The molecule has 120 valence electrons. The molecule has 0 radical (unpaired) electrons. The van der Waals surface area contributed by atoms with Crippen molar-refractivity contribution in [1.29, 1.82) is 0 Å². The minimum atomic E-state index is 0.605. The van der Waals surface area contributed by atoms with Gasteiger partial charge in [-0.05, 0) is 50.5 Å². The maximum atomic E-state index is 3.61. The van der Waals surface area contributed by atoms with Gasteiger partial charge >= 0.3 is 0 Å². The Kier molecular flexibility index (Phi) is 8.84. The molecule has 1 nitrogen and oxygen atoms in total. The van der Waals surface area contributed by atoms with Crippen LogP contribution in [0.3, 0.4) is 0 Å². The zero-order chi connectivity index (χ0) is 14.8. The van der Waals surface area contributed by atoms with E-state index in [9.17, 15) is 0 Å². The van der Waals surface area contributed by atoms with E-state index >= 15 is 0 Å². The van der Waals surface area contributed by atoms with Gasteiger partial charge < -0.3 is 5.32 Å². The van der Waals surface area contributed by atoms with Crippen LogP contribution in [0.15, 0.2) is 0 Å². The van der Waals surface area contributed by atoms with Crippen molar-refractivity contribution in [1.82, 2.24) is 5.32 Å². The quantitative estimate of drug-likeness (QED) is 0.489. The molecule has 0 aromatic carbocycles. The molecule has 1 rings (SSSR count). The van der Waals surface area contributed by atoms with Crippen molar-refractivity contribution in [3.8, 4) is 0 Å². The smallest absolute Gasteiger partial charge is 0.00923 e. The third-order valence-corrected chi connectivity index (χ3v) is 5.44. The van der Waals surface area contributed by atoms with Gasteiger partial charge in [0.25, 0.3) is 0 Å². The van der Waals surface area contributed by atoms with Gasteiger partial charge in [-0.25, -0.2) is 0 Å². The van der Waals surface area contributed by atoms with Crippen molar-refractivity contribution < 1.29 is 0 Å². The first-order valence-electron chi connectivity index (χ1n) is 9.26. The lowest BCUT2D eigenvalue weighted by atomic mass is 9.70. The number of hydrogen-bond donors (Lipinski definition) is 1. The Morgan fingerprint density at radius 2 is 1.50 bits per heavy atom. The molecular formula is C19H39N. The van der Waals surface area contributed by atoms with Crippen LogP contribution in [-0.4, -0.2) is 13.1 Å². The summed E-state index contributed by atoms with van der Waals surface area (Å²) in [4.78, 5) is 0. The highest BCUT2D eigenvalue weighted by Gasteiger charge is 2.30. The molecule has 0 saturated heterocycles. The largest absolute Gasteiger partial charge is 0.317 e. The first kappa shape index (κ1) is 18.0. The van der Waals surface area contributed by atoms with E-state index in [4.69, 9.17) is 0 Å². The van der Waals surface area contributed by atoms with Crippen LogP contribution in [0, 0.1) is 11.3 Å². The molecule has 1 heteroatoms. The number of nitrogens with one attached hydrogen (secondary N) is 1. The molecule has 0 heterocycles. The number of unbranched alkanes of at least 4 members (excludes halogenated alkanes) is 6. The van der Waals surface area contributed by atoms with Gasteiger partial charge in [-0.3, -0.25) is 0 Å². The lowest BCUT2D eigenvalue weighted by Gasteiger charge is -2.38. The van der Waals surface area contributed by atoms with Crippen LogP contribution in [-0.2, 0) is 0 Å². The lowest BCUT2D eigenvalue weighted by molar-refractivity contribution is 0.159. The summed E-state index contributed by atoms with van der Waals surface area (Å²) in [6, 6.07) is 0.779. The molecule has 1 aliphatic rings. The van der Waals surface area contributed by atoms with Crippen molar-refractivity contribution >= 4 is 0 Å². The van der Waals surface area contributed by atoms with Crippen LogP contribution in [0.2, 0.25) is 0 Å². The molecule has 1 unspecified atom stereocenters. The van der Waals surface area contributed by atoms with E-state index in [-0.39, 0.29) is 0 Å². The fraction of sp³-hybridized carbons (Fsp3) is 1.00. The van der Waals surface area contributed by atoms with Crippen LogP contribution in [0.5, 0.6) is 0 Å². The SMILES string of the molecule is CCCCCCCCCC(NC)C1CCC(C)(C)CC1. The normalized spacial score (nSPS) is 21.0. The van der Waals surface area contributed by atoms with Crippen LogP contribution in [0.25, 0.3) is 0 Å². The molecule has 0 aliphatic heterocycles. The van der Waals surface area contributed by atoms with Crippen molar-refractivity contribution in [3.63, 3.8) is 0 Å². The maximum absolute atomic E-state index is 3.61. The van der Waals surface area contributed by atoms with Crippen molar-refractivity contribution in [2.75, 3.05) is 7.05 Å². The summed E-state index contributed by atoms with van der Waals surface area (Å²) in [7, 11) is 2.17. The predicted molar refractivity (Wildman–Crippen MR) is 91.2 cm³/mol. The highest BCUT2D eigenvalue weighted by Crippen LogP contribution is 2.39. The molecular weight excluding hydrogens is 242 g/mol. The third kappa shape index (κ3) is 7.11. The van der Waals surface area contributed by atoms with Crippen molar-refractivity contribution in [2.45, 2.75) is 104 Å². The van der Waals surface area contributed by atoms with Crippen LogP contribution >= 0.6 is 0 Å². The van der Waals surface area contributed by atoms with E-state index in [0.717, 1.165) is 12.0 Å². The van der Waals surface area contributed by atoms with Gasteiger partial charge in [-0.15, -0.1) is 0 Å². The minimum absolute atomic E-state index is 0.605. The Morgan fingerprint density at radius 3 is 2.05 bits per heavy atom. The summed E-state index contributed by atoms with van der Waals surface area (Å²) in [5.74, 6) is 0.938. The standard InChI is InChI=1S/C19H39N/c1-5-6-7-8-9-10-11-12-18(20-4)17-13-15-19(2,3)16-14-17/h17-18,20H,5-16H2,1-4H3. The molecule has 0 bridgehead atoms. The zero-order valence-electron chi connectivity index (χ0n) is 14.6. The molecule has 20 heavy (non-hydrogen) atoms. The fourth-order valence-corrected chi connectivity index (χ4v) is 3.76. The van der Waals surface area contributed by atoms with Gasteiger partial charge in [0.1, 0.15) is 0 Å². The summed E-state index contributed by atoms with van der Waals surface area (Å²) < 4.78 is 0. The topological polar surface area (TPSA) is 12.0 Å². The highest BCUT2D eigenvalue weighted by atomic mass is 14.9. The zero-order valence-corrected chi connectivity index (χ0v) is 14.6. The molecule has 1 saturated carbocycles. The average Bonchev–Trinajstić information content (AvgIpc) is 2.43. The van der Waals surface area contributed by atoms with E-state index in [1.807, 2.05) is 0 Å². The first-order chi connectivity index (χ1) is 9.59.